The van der Waals surface area contributed by atoms with E-state index in [1.807, 2.05) is 0 Å². The molecule has 0 saturated heterocycles. The Morgan fingerprint density at radius 1 is 0.455 bits per heavy atom. The van der Waals surface area contributed by atoms with Crippen molar-refractivity contribution in [3.05, 3.63) is 57.6 Å². The maximum Gasteiger partial charge on any atom is -0.00184 e. The molecule has 110 valence electrons. The maximum absolute atomic E-state index is 2.34. The number of hydrogen-bond acceptors (Lipinski definition) is 0. The second-order valence-electron chi connectivity index (χ2n) is 6.93. The normalized spacial score (nSPS) is 12.1. The first kappa shape index (κ1) is 13.6. The monoisotopic (exact) mass is 286 g/mol. The molecule has 22 heavy (non-hydrogen) atoms. The van der Waals surface area contributed by atoms with Crippen molar-refractivity contribution in [3.8, 4) is 0 Å². The third-order valence-corrected chi connectivity index (χ3v) is 5.52. The van der Waals surface area contributed by atoms with Crippen LogP contribution >= 0.6 is 0 Å². The van der Waals surface area contributed by atoms with Crippen LogP contribution in [0.25, 0.3) is 32.3 Å². The van der Waals surface area contributed by atoms with Gasteiger partial charge in [0.25, 0.3) is 0 Å². The smallest absolute Gasteiger partial charge is 0.00184 e. The van der Waals surface area contributed by atoms with Crippen LogP contribution in [0.2, 0.25) is 0 Å². The molecule has 4 aromatic carbocycles. The molecule has 0 aliphatic heterocycles. The van der Waals surface area contributed by atoms with Crippen molar-refractivity contribution in [2.75, 3.05) is 0 Å². The van der Waals surface area contributed by atoms with Crippen molar-refractivity contribution >= 4 is 32.3 Å². The number of rotatable bonds is 0. The van der Waals surface area contributed by atoms with Gasteiger partial charge in [-0.2, -0.15) is 0 Å². The van der Waals surface area contributed by atoms with Gasteiger partial charge in [0.15, 0.2) is 0 Å². The van der Waals surface area contributed by atoms with E-state index in [-0.39, 0.29) is 0 Å². The number of aryl methyl sites for hydroxylation is 6. The van der Waals surface area contributed by atoms with Gasteiger partial charge < -0.3 is 0 Å². The molecule has 0 N–H and O–H groups in total. The average molecular weight is 286 g/mol. The Labute approximate surface area is 132 Å². The third-order valence-electron chi connectivity index (χ3n) is 5.52. The number of hydrogen-bond donors (Lipinski definition) is 0. The summed E-state index contributed by atoms with van der Waals surface area (Å²) in [4.78, 5) is 0. The summed E-state index contributed by atoms with van der Waals surface area (Å²) < 4.78 is 0. The van der Waals surface area contributed by atoms with Gasteiger partial charge in [-0.3, -0.25) is 0 Å². The summed E-state index contributed by atoms with van der Waals surface area (Å²) in [7, 11) is 0. The molecule has 0 bridgehead atoms. The number of benzene rings is 4. The zero-order valence-corrected chi connectivity index (χ0v) is 14.3. The Bertz CT molecular complexity index is 978. The summed E-state index contributed by atoms with van der Waals surface area (Å²) in [5.41, 5.74) is 8.45. The van der Waals surface area contributed by atoms with Crippen LogP contribution in [0.15, 0.2) is 24.3 Å². The fourth-order valence-corrected chi connectivity index (χ4v) is 4.46. The average Bonchev–Trinajstić information content (AvgIpc) is 2.45. The van der Waals surface area contributed by atoms with Crippen molar-refractivity contribution in [1.82, 2.24) is 0 Å². The van der Waals surface area contributed by atoms with Gasteiger partial charge in [0.2, 0.25) is 0 Å². The summed E-state index contributed by atoms with van der Waals surface area (Å²) in [6.07, 6.45) is 0. The molecular weight excluding hydrogens is 264 g/mol. The zero-order chi connectivity index (χ0) is 15.8. The summed E-state index contributed by atoms with van der Waals surface area (Å²) in [5.74, 6) is 0. The molecule has 0 saturated carbocycles. The Balaban J connectivity index is 2.54. The van der Waals surface area contributed by atoms with E-state index in [1.165, 1.54) is 65.7 Å². The zero-order valence-electron chi connectivity index (χ0n) is 14.3. The fraction of sp³-hybridized carbons (Fsp3) is 0.273. The van der Waals surface area contributed by atoms with Gasteiger partial charge in [-0.1, -0.05) is 24.3 Å². The van der Waals surface area contributed by atoms with Crippen molar-refractivity contribution in [2.24, 2.45) is 0 Å². The van der Waals surface area contributed by atoms with Crippen LogP contribution in [0.4, 0.5) is 0 Å². The molecule has 0 fully saturated rings. The maximum atomic E-state index is 2.34. The second kappa shape index (κ2) is 4.23. The minimum absolute atomic E-state index is 1.38. The molecule has 0 aromatic heterocycles. The van der Waals surface area contributed by atoms with E-state index >= 15 is 0 Å². The second-order valence-corrected chi connectivity index (χ2v) is 6.93. The summed E-state index contributed by atoms with van der Waals surface area (Å²) in [6.45, 7) is 13.6. The van der Waals surface area contributed by atoms with Crippen LogP contribution in [0, 0.1) is 41.5 Å². The van der Waals surface area contributed by atoms with Gasteiger partial charge >= 0.3 is 0 Å². The van der Waals surface area contributed by atoms with E-state index < -0.39 is 0 Å². The molecule has 0 aliphatic rings. The van der Waals surface area contributed by atoms with Gasteiger partial charge in [-0.15, -0.1) is 0 Å². The van der Waals surface area contributed by atoms with Gasteiger partial charge in [-0.25, -0.2) is 0 Å². The van der Waals surface area contributed by atoms with Crippen molar-refractivity contribution in [2.45, 2.75) is 41.5 Å². The first-order valence-electron chi connectivity index (χ1n) is 8.07. The van der Waals surface area contributed by atoms with Crippen LogP contribution in [-0.2, 0) is 0 Å². The van der Waals surface area contributed by atoms with E-state index in [2.05, 4.69) is 65.8 Å². The fourth-order valence-electron chi connectivity index (χ4n) is 4.46. The van der Waals surface area contributed by atoms with Gasteiger partial charge in [0.05, 0.1) is 0 Å². The minimum atomic E-state index is 1.38. The van der Waals surface area contributed by atoms with E-state index in [1.54, 1.807) is 0 Å². The van der Waals surface area contributed by atoms with E-state index in [0.29, 0.717) is 0 Å². The van der Waals surface area contributed by atoms with E-state index in [9.17, 15) is 0 Å². The van der Waals surface area contributed by atoms with Crippen molar-refractivity contribution in [1.29, 1.82) is 0 Å². The SMILES string of the molecule is Cc1cc(C)c2c(C)c(C)c3c(C)cc(C)c4ccc1c2c43. The highest BCUT2D eigenvalue weighted by Gasteiger charge is 2.18. The Hall–Kier alpha value is -2.08. The van der Waals surface area contributed by atoms with Crippen LogP contribution in [0.1, 0.15) is 33.4 Å². The molecule has 0 nitrogen and oxygen atoms in total. The molecular formula is C22H22. The van der Waals surface area contributed by atoms with Gasteiger partial charge in [-0.05, 0) is 107 Å². The molecule has 0 aliphatic carbocycles. The lowest BCUT2D eigenvalue weighted by atomic mass is 9.83. The lowest BCUT2D eigenvalue weighted by Crippen LogP contribution is -1.97. The molecule has 0 radical (unpaired) electrons. The summed E-state index contributed by atoms with van der Waals surface area (Å²) >= 11 is 0. The van der Waals surface area contributed by atoms with Gasteiger partial charge in [0.1, 0.15) is 0 Å². The van der Waals surface area contributed by atoms with Crippen molar-refractivity contribution < 1.29 is 0 Å². The van der Waals surface area contributed by atoms with Crippen LogP contribution < -0.4 is 0 Å². The van der Waals surface area contributed by atoms with Crippen LogP contribution in [0.5, 0.6) is 0 Å². The standard InChI is InChI=1S/C22H22/c1-11-9-13(3)19-15(5)16(6)20-14(4)10-12(2)18-8-7-17(11)21(19)22(18)20/h7-10H,1-6H3. The third kappa shape index (κ3) is 1.48. The Morgan fingerprint density at radius 3 is 1.18 bits per heavy atom. The molecule has 0 heterocycles. The molecule has 4 rings (SSSR count). The van der Waals surface area contributed by atoms with Gasteiger partial charge in [0, 0.05) is 0 Å². The highest BCUT2D eigenvalue weighted by molar-refractivity contribution is 6.27. The first-order valence-corrected chi connectivity index (χ1v) is 8.07. The van der Waals surface area contributed by atoms with Crippen LogP contribution in [0.3, 0.4) is 0 Å². The molecule has 4 aromatic rings. The lowest BCUT2D eigenvalue weighted by molar-refractivity contribution is 1.36. The summed E-state index contributed by atoms with van der Waals surface area (Å²) in [5, 5.41) is 8.68. The lowest BCUT2D eigenvalue weighted by Gasteiger charge is -2.21. The van der Waals surface area contributed by atoms with Crippen molar-refractivity contribution in [3.63, 3.8) is 0 Å². The molecule has 0 heteroatoms. The van der Waals surface area contributed by atoms with E-state index in [4.69, 9.17) is 0 Å². The quantitative estimate of drug-likeness (QED) is 0.326. The minimum Gasteiger partial charge on any atom is -0.0551 e. The Morgan fingerprint density at radius 2 is 0.818 bits per heavy atom. The highest BCUT2D eigenvalue weighted by Crippen LogP contribution is 2.43. The molecule has 0 spiro atoms. The highest BCUT2D eigenvalue weighted by atomic mass is 14.2. The first-order chi connectivity index (χ1) is 10.4. The van der Waals surface area contributed by atoms with E-state index in [0.717, 1.165) is 0 Å². The van der Waals surface area contributed by atoms with Crippen LogP contribution in [-0.4, -0.2) is 0 Å². The predicted molar refractivity (Wildman–Crippen MR) is 98.6 cm³/mol. The Kier molecular flexibility index (Phi) is 2.61. The largest absolute Gasteiger partial charge is 0.0551 e. The topological polar surface area (TPSA) is 0 Å². The molecule has 0 amide bonds. The predicted octanol–water partition coefficient (Wildman–Crippen LogP) is 6.43. The molecule has 0 atom stereocenters. The summed E-state index contributed by atoms with van der Waals surface area (Å²) in [6, 6.07) is 9.31. The molecule has 0 unspecified atom stereocenters.